The number of nitrogens with one attached hydrogen (secondary N) is 1. The smallest absolute Gasteiger partial charge is 0.410 e. The summed E-state index contributed by atoms with van der Waals surface area (Å²) in [7, 11) is 0. The molecule has 2 fully saturated rings. The van der Waals surface area contributed by atoms with Gasteiger partial charge >= 0.3 is 12.3 Å². The van der Waals surface area contributed by atoms with E-state index >= 15 is 0 Å². The van der Waals surface area contributed by atoms with Crippen LogP contribution in [0.5, 0.6) is 0 Å². The molecular weight excluding hydrogens is 301 g/mol. The Bertz CT molecular complexity index is 469. The molecule has 8 heteroatoms. The second-order valence-electron chi connectivity index (χ2n) is 6.98. The number of nitrogens with zero attached hydrogens (tertiary/aromatic N) is 1. The zero-order valence-electron chi connectivity index (χ0n) is 12.9. The minimum Gasteiger partial charge on any atom is -0.444 e. The van der Waals surface area contributed by atoms with Gasteiger partial charge in [-0.2, -0.15) is 13.2 Å². The van der Waals surface area contributed by atoms with Gasteiger partial charge in [-0.3, -0.25) is 4.79 Å². The van der Waals surface area contributed by atoms with Gasteiger partial charge in [0.2, 0.25) is 5.91 Å². The first kappa shape index (κ1) is 16.9. The van der Waals surface area contributed by atoms with E-state index in [4.69, 9.17) is 4.74 Å². The van der Waals surface area contributed by atoms with Crippen molar-refractivity contribution in [2.45, 2.75) is 57.9 Å². The molecule has 1 N–H and O–H groups in total. The summed E-state index contributed by atoms with van der Waals surface area (Å²) in [5, 5.41) is 2.41. The Morgan fingerprint density at radius 3 is 2.27 bits per heavy atom. The summed E-state index contributed by atoms with van der Waals surface area (Å²) in [5.74, 6) is -1.03. The Morgan fingerprint density at radius 2 is 1.82 bits per heavy atom. The van der Waals surface area contributed by atoms with Crippen LogP contribution in [0.4, 0.5) is 18.0 Å². The molecule has 2 amide bonds. The molecule has 0 aromatic heterocycles. The molecule has 22 heavy (non-hydrogen) atoms. The van der Waals surface area contributed by atoms with Gasteiger partial charge in [0, 0.05) is 19.1 Å². The van der Waals surface area contributed by atoms with E-state index in [1.165, 1.54) is 0 Å². The molecule has 2 rings (SSSR count). The maximum atomic E-state index is 13.5. The van der Waals surface area contributed by atoms with Crippen LogP contribution >= 0.6 is 0 Å². The van der Waals surface area contributed by atoms with Crippen molar-refractivity contribution in [1.82, 2.24) is 10.2 Å². The number of hydrogen-bond donors (Lipinski definition) is 1. The number of carbonyl (C=O) groups is 2. The zero-order valence-corrected chi connectivity index (χ0v) is 12.9. The van der Waals surface area contributed by atoms with Crippen molar-refractivity contribution < 1.29 is 27.5 Å². The van der Waals surface area contributed by atoms with E-state index in [2.05, 4.69) is 5.32 Å². The number of hydrogen-bond acceptors (Lipinski definition) is 3. The van der Waals surface area contributed by atoms with Crippen LogP contribution in [-0.2, 0) is 9.53 Å². The molecule has 1 aliphatic carbocycles. The summed E-state index contributed by atoms with van der Waals surface area (Å²) < 4.78 is 45.5. The van der Waals surface area contributed by atoms with Crippen molar-refractivity contribution in [3.05, 3.63) is 0 Å². The Kier molecular flexibility index (Phi) is 4.08. The van der Waals surface area contributed by atoms with Gasteiger partial charge in [-0.15, -0.1) is 0 Å². The van der Waals surface area contributed by atoms with Crippen molar-refractivity contribution in [1.29, 1.82) is 0 Å². The average molecular weight is 322 g/mol. The molecule has 0 bridgehead atoms. The summed E-state index contributed by atoms with van der Waals surface area (Å²) in [6.07, 6.45) is -4.56. The molecule has 1 saturated heterocycles. The van der Waals surface area contributed by atoms with Crippen LogP contribution in [-0.4, -0.2) is 47.8 Å². The predicted molar refractivity (Wildman–Crippen MR) is 72.1 cm³/mol. The third-order valence-corrected chi connectivity index (χ3v) is 3.81. The van der Waals surface area contributed by atoms with Crippen LogP contribution < -0.4 is 5.32 Å². The largest absolute Gasteiger partial charge is 0.444 e. The third-order valence-electron chi connectivity index (χ3n) is 3.81. The van der Waals surface area contributed by atoms with E-state index in [1.807, 2.05) is 0 Å². The number of likely N-dealkylation sites (tertiary alicyclic amines) is 1. The molecule has 0 radical (unpaired) electrons. The van der Waals surface area contributed by atoms with Gasteiger partial charge in [-0.1, -0.05) is 0 Å². The van der Waals surface area contributed by atoms with Crippen molar-refractivity contribution in [3.8, 4) is 0 Å². The van der Waals surface area contributed by atoms with E-state index in [1.54, 1.807) is 20.8 Å². The first-order valence-electron chi connectivity index (χ1n) is 7.30. The number of amides is 2. The Hall–Kier alpha value is -1.47. The minimum atomic E-state index is -4.71. The van der Waals surface area contributed by atoms with Crippen molar-refractivity contribution in [2.75, 3.05) is 13.1 Å². The SMILES string of the molecule is CC(C)(C)OC(=O)N1CC[C@@](C(=O)NC2CC2)(C(F)(F)F)C1. The van der Waals surface area contributed by atoms with Crippen LogP contribution in [0.3, 0.4) is 0 Å². The Labute approximate surface area is 127 Å². The fourth-order valence-electron chi connectivity index (χ4n) is 2.39. The predicted octanol–water partition coefficient (Wildman–Crippen LogP) is 2.45. The van der Waals surface area contributed by atoms with Crippen LogP contribution in [0.25, 0.3) is 0 Å². The molecular formula is C14H21F3N2O3. The average Bonchev–Trinajstić information content (AvgIpc) is 3.01. The van der Waals surface area contributed by atoms with Gasteiger partial charge in [-0.05, 0) is 40.0 Å². The number of ether oxygens (including phenoxy) is 1. The van der Waals surface area contributed by atoms with E-state index in [9.17, 15) is 22.8 Å². The van der Waals surface area contributed by atoms with Gasteiger partial charge in [0.1, 0.15) is 5.60 Å². The summed E-state index contributed by atoms with van der Waals surface area (Å²) in [6, 6.07) is -0.165. The van der Waals surface area contributed by atoms with Crippen molar-refractivity contribution in [3.63, 3.8) is 0 Å². The molecule has 1 atom stereocenters. The Morgan fingerprint density at radius 1 is 1.23 bits per heavy atom. The first-order chi connectivity index (χ1) is 9.95. The minimum absolute atomic E-state index is 0.146. The lowest BCUT2D eigenvalue weighted by Gasteiger charge is -2.31. The monoisotopic (exact) mass is 322 g/mol. The number of alkyl halides is 3. The highest BCUT2D eigenvalue weighted by atomic mass is 19.4. The summed E-state index contributed by atoms with van der Waals surface area (Å²) in [5.41, 5.74) is -3.33. The lowest BCUT2D eigenvalue weighted by atomic mass is 9.85. The highest BCUT2D eigenvalue weighted by molar-refractivity contribution is 5.85. The standard InChI is InChI=1S/C14H21F3N2O3/c1-12(2,3)22-11(21)19-7-6-13(8-19,14(15,16)17)10(20)18-9-4-5-9/h9H,4-8H2,1-3H3,(H,18,20)/t13-/m1/s1. The fourth-order valence-corrected chi connectivity index (χ4v) is 2.39. The Balaban J connectivity index is 2.12. The van der Waals surface area contributed by atoms with Gasteiger partial charge in [0.25, 0.3) is 0 Å². The van der Waals surface area contributed by atoms with E-state index < -0.39 is 42.2 Å². The quantitative estimate of drug-likeness (QED) is 0.849. The topological polar surface area (TPSA) is 58.6 Å². The van der Waals surface area contributed by atoms with Crippen LogP contribution in [0, 0.1) is 5.41 Å². The molecule has 1 heterocycles. The highest BCUT2D eigenvalue weighted by Gasteiger charge is 2.64. The third kappa shape index (κ3) is 3.47. The van der Waals surface area contributed by atoms with Gasteiger partial charge in [0.15, 0.2) is 5.41 Å². The van der Waals surface area contributed by atoms with Gasteiger partial charge in [-0.25, -0.2) is 4.79 Å². The van der Waals surface area contributed by atoms with Crippen molar-refractivity contribution >= 4 is 12.0 Å². The zero-order chi connectivity index (χ0) is 16.8. The maximum Gasteiger partial charge on any atom is 0.410 e. The molecule has 1 aliphatic heterocycles. The number of halogens is 3. The molecule has 2 aliphatic rings. The molecule has 0 spiro atoms. The van der Waals surface area contributed by atoms with Gasteiger partial charge < -0.3 is 15.0 Å². The van der Waals surface area contributed by atoms with Crippen LogP contribution in [0.15, 0.2) is 0 Å². The summed E-state index contributed by atoms with van der Waals surface area (Å²) in [4.78, 5) is 25.0. The lowest BCUT2D eigenvalue weighted by Crippen LogP contribution is -2.53. The second-order valence-corrected chi connectivity index (χ2v) is 6.98. The number of rotatable bonds is 2. The first-order valence-corrected chi connectivity index (χ1v) is 7.30. The number of carbonyl (C=O) groups excluding carboxylic acids is 2. The van der Waals surface area contributed by atoms with Crippen molar-refractivity contribution in [2.24, 2.45) is 5.41 Å². The molecule has 1 saturated carbocycles. The molecule has 0 unspecified atom stereocenters. The highest BCUT2D eigenvalue weighted by Crippen LogP contribution is 2.46. The lowest BCUT2D eigenvalue weighted by molar-refractivity contribution is -0.217. The molecule has 0 aromatic carbocycles. The van der Waals surface area contributed by atoms with Crippen LogP contribution in [0.2, 0.25) is 0 Å². The molecule has 0 aromatic rings. The van der Waals surface area contributed by atoms with Crippen LogP contribution in [0.1, 0.15) is 40.0 Å². The van der Waals surface area contributed by atoms with Gasteiger partial charge in [0.05, 0.1) is 0 Å². The maximum absolute atomic E-state index is 13.5. The summed E-state index contributed by atoms with van der Waals surface area (Å²) >= 11 is 0. The van der Waals surface area contributed by atoms with E-state index in [0.29, 0.717) is 12.8 Å². The molecule has 126 valence electrons. The second kappa shape index (κ2) is 5.31. The fraction of sp³-hybridized carbons (Fsp3) is 0.857. The normalized spacial score (nSPS) is 26.0. The molecule has 5 nitrogen and oxygen atoms in total. The van der Waals surface area contributed by atoms with E-state index in [0.717, 1.165) is 4.90 Å². The van der Waals surface area contributed by atoms with E-state index in [-0.39, 0.29) is 12.6 Å². The summed E-state index contributed by atoms with van der Waals surface area (Å²) in [6.45, 7) is 4.07.